The van der Waals surface area contributed by atoms with E-state index in [4.69, 9.17) is 4.74 Å². The van der Waals surface area contributed by atoms with Gasteiger partial charge in [0.15, 0.2) is 0 Å². The Morgan fingerprint density at radius 3 is 2.50 bits per heavy atom. The van der Waals surface area contributed by atoms with Gasteiger partial charge in [-0.15, -0.1) is 0 Å². The molecule has 0 fully saturated rings. The first-order chi connectivity index (χ1) is 7.57. The Labute approximate surface area is 92.2 Å². The molecule has 16 heavy (non-hydrogen) atoms. The molecule has 0 aliphatic heterocycles. The fourth-order valence-corrected chi connectivity index (χ4v) is 1.72. The van der Waals surface area contributed by atoms with Gasteiger partial charge in [0.25, 0.3) is 0 Å². The van der Waals surface area contributed by atoms with Crippen LogP contribution in [0, 0.1) is 0 Å². The molecule has 1 aliphatic rings. The first kappa shape index (κ1) is 10.4. The van der Waals surface area contributed by atoms with Crippen LogP contribution in [0.5, 0.6) is 5.75 Å². The van der Waals surface area contributed by atoms with Crippen molar-refractivity contribution in [2.24, 2.45) is 0 Å². The third-order valence-electron chi connectivity index (χ3n) is 2.63. The van der Waals surface area contributed by atoms with Crippen molar-refractivity contribution in [3.63, 3.8) is 0 Å². The van der Waals surface area contributed by atoms with Gasteiger partial charge in [-0.2, -0.15) is 0 Å². The number of carbonyl (C=O) groups is 2. The molecule has 4 nitrogen and oxygen atoms in total. The van der Waals surface area contributed by atoms with Crippen LogP contribution < -0.4 is 4.74 Å². The zero-order valence-electron chi connectivity index (χ0n) is 8.90. The Bertz CT molecular complexity index is 526. The van der Waals surface area contributed by atoms with E-state index in [1.54, 1.807) is 12.1 Å². The largest absolute Gasteiger partial charge is 0.507 e. The van der Waals surface area contributed by atoms with Gasteiger partial charge in [-0.25, -0.2) is 0 Å². The van der Waals surface area contributed by atoms with Crippen LogP contribution >= 0.6 is 0 Å². The molecule has 0 heterocycles. The van der Waals surface area contributed by atoms with Gasteiger partial charge in [-0.1, -0.05) is 6.07 Å². The highest BCUT2D eigenvalue weighted by Gasteiger charge is 2.32. The van der Waals surface area contributed by atoms with Crippen molar-refractivity contribution in [3.05, 3.63) is 34.9 Å². The number of ether oxygens (including phenoxy) is 1. The summed E-state index contributed by atoms with van der Waals surface area (Å²) < 4.78 is 5.06. The number of hydrogen-bond acceptors (Lipinski definition) is 4. The normalized spacial score (nSPS) is 15.1. The summed E-state index contributed by atoms with van der Waals surface area (Å²) in [5.41, 5.74) is 0.543. The van der Waals surface area contributed by atoms with E-state index in [1.807, 2.05) is 0 Å². The van der Waals surface area contributed by atoms with Crippen LogP contribution in [0.15, 0.2) is 23.8 Å². The van der Waals surface area contributed by atoms with Crippen molar-refractivity contribution in [2.75, 3.05) is 7.11 Å². The Hall–Kier alpha value is -2.10. The van der Waals surface area contributed by atoms with Crippen LogP contribution in [-0.2, 0) is 4.79 Å². The Balaban J connectivity index is 2.81. The predicted octanol–water partition coefficient (Wildman–Crippen LogP) is 1.75. The minimum absolute atomic E-state index is 0.0574. The number of hydrogen-bond donors (Lipinski definition) is 1. The number of aliphatic hydroxyl groups is 1. The van der Waals surface area contributed by atoms with E-state index in [2.05, 4.69) is 0 Å². The van der Waals surface area contributed by atoms with Gasteiger partial charge >= 0.3 is 0 Å². The number of fused-ring (bicyclic) bond motifs is 1. The second kappa shape index (κ2) is 3.48. The third kappa shape index (κ3) is 1.23. The number of allylic oxidation sites excluding steroid dienone is 1. The highest BCUT2D eigenvalue weighted by Crippen LogP contribution is 2.34. The molecule has 1 aliphatic carbocycles. The molecule has 0 bridgehead atoms. The molecule has 0 saturated heterocycles. The van der Waals surface area contributed by atoms with Crippen molar-refractivity contribution < 1.29 is 19.4 Å². The van der Waals surface area contributed by atoms with Gasteiger partial charge in [0, 0.05) is 11.1 Å². The summed E-state index contributed by atoms with van der Waals surface area (Å²) in [6.45, 7) is 1.42. The summed E-state index contributed by atoms with van der Waals surface area (Å²) >= 11 is 0. The Kier molecular flexibility index (Phi) is 2.27. The minimum atomic E-state index is -0.668. The zero-order chi connectivity index (χ0) is 11.9. The molecule has 0 unspecified atom stereocenters. The number of aliphatic hydroxyl groups excluding tert-OH is 1. The summed E-state index contributed by atoms with van der Waals surface area (Å²) in [6.07, 6.45) is 0. The standard InChI is InChI=1S/C12H10O4/c1-6-10(13)9-7(12(15)11(6)14)4-3-5-8(9)16-2/h3-5,13H,1-2H3. The van der Waals surface area contributed by atoms with Crippen LogP contribution in [0.3, 0.4) is 0 Å². The first-order valence-corrected chi connectivity index (χ1v) is 4.74. The summed E-state index contributed by atoms with van der Waals surface area (Å²) in [5, 5.41) is 9.86. The highest BCUT2D eigenvalue weighted by molar-refractivity contribution is 6.52. The van der Waals surface area contributed by atoms with Gasteiger partial charge in [0.2, 0.25) is 11.6 Å². The van der Waals surface area contributed by atoms with Crippen LogP contribution in [-0.4, -0.2) is 23.8 Å². The topological polar surface area (TPSA) is 63.6 Å². The number of methoxy groups -OCH3 is 1. The van der Waals surface area contributed by atoms with Crippen molar-refractivity contribution in [1.29, 1.82) is 0 Å². The smallest absolute Gasteiger partial charge is 0.234 e. The van der Waals surface area contributed by atoms with E-state index in [0.717, 1.165) is 0 Å². The van der Waals surface area contributed by atoms with E-state index >= 15 is 0 Å². The Morgan fingerprint density at radius 2 is 1.88 bits per heavy atom. The quantitative estimate of drug-likeness (QED) is 0.729. The fourth-order valence-electron chi connectivity index (χ4n) is 1.72. The van der Waals surface area contributed by atoms with E-state index < -0.39 is 11.6 Å². The van der Waals surface area contributed by atoms with E-state index in [1.165, 1.54) is 20.1 Å². The third-order valence-corrected chi connectivity index (χ3v) is 2.63. The van der Waals surface area contributed by atoms with Gasteiger partial charge in [0.05, 0.1) is 12.7 Å². The molecule has 0 radical (unpaired) electrons. The zero-order valence-corrected chi connectivity index (χ0v) is 8.90. The molecule has 0 amide bonds. The number of Topliss-reactive ketones (excluding diaryl/α,β-unsaturated/α-hetero) is 2. The average Bonchev–Trinajstić information content (AvgIpc) is 2.32. The average molecular weight is 218 g/mol. The summed E-state index contributed by atoms with van der Waals surface area (Å²) in [7, 11) is 1.44. The summed E-state index contributed by atoms with van der Waals surface area (Å²) in [4.78, 5) is 23.2. The van der Waals surface area contributed by atoms with Gasteiger partial charge in [-0.05, 0) is 19.1 Å². The fraction of sp³-hybridized carbons (Fsp3) is 0.167. The Morgan fingerprint density at radius 1 is 1.19 bits per heavy atom. The second-order valence-electron chi connectivity index (χ2n) is 3.51. The maximum absolute atomic E-state index is 11.7. The molecule has 1 N–H and O–H groups in total. The van der Waals surface area contributed by atoms with Crippen LogP contribution in [0.1, 0.15) is 22.8 Å². The number of benzene rings is 1. The molecule has 0 aromatic heterocycles. The summed E-state index contributed by atoms with van der Waals surface area (Å²) in [5.74, 6) is -1.07. The molecule has 4 heteroatoms. The van der Waals surface area contributed by atoms with Crippen LogP contribution in [0.4, 0.5) is 0 Å². The first-order valence-electron chi connectivity index (χ1n) is 4.74. The number of carbonyl (C=O) groups excluding carboxylic acids is 2. The van der Waals surface area contributed by atoms with Gasteiger partial charge in [-0.3, -0.25) is 9.59 Å². The van der Waals surface area contributed by atoms with Crippen molar-refractivity contribution in [1.82, 2.24) is 0 Å². The van der Waals surface area contributed by atoms with E-state index in [-0.39, 0.29) is 16.9 Å². The lowest BCUT2D eigenvalue weighted by Crippen LogP contribution is -2.23. The SMILES string of the molecule is COc1cccc2c1C(O)=C(C)C(=O)C2=O. The maximum Gasteiger partial charge on any atom is 0.234 e. The molecular formula is C12H10O4. The van der Waals surface area contributed by atoms with Gasteiger partial charge in [0.1, 0.15) is 11.5 Å². The molecule has 1 aromatic rings. The van der Waals surface area contributed by atoms with Crippen molar-refractivity contribution >= 4 is 17.3 Å². The van der Waals surface area contributed by atoms with E-state index in [0.29, 0.717) is 11.3 Å². The lowest BCUT2D eigenvalue weighted by atomic mass is 9.88. The molecule has 1 aromatic carbocycles. The molecule has 0 saturated carbocycles. The lowest BCUT2D eigenvalue weighted by molar-refractivity contribution is -0.111. The highest BCUT2D eigenvalue weighted by atomic mass is 16.5. The molecule has 2 rings (SSSR count). The maximum atomic E-state index is 11.7. The number of ketones is 2. The van der Waals surface area contributed by atoms with E-state index in [9.17, 15) is 14.7 Å². The molecule has 82 valence electrons. The molecule has 0 atom stereocenters. The van der Waals surface area contributed by atoms with Crippen molar-refractivity contribution in [3.8, 4) is 5.75 Å². The second-order valence-corrected chi connectivity index (χ2v) is 3.51. The monoisotopic (exact) mass is 218 g/mol. The molecular weight excluding hydrogens is 208 g/mol. The van der Waals surface area contributed by atoms with Crippen LogP contribution in [0.2, 0.25) is 0 Å². The van der Waals surface area contributed by atoms with Crippen LogP contribution in [0.25, 0.3) is 5.76 Å². The van der Waals surface area contributed by atoms with Gasteiger partial charge < -0.3 is 9.84 Å². The minimum Gasteiger partial charge on any atom is -0.507 e. The molecule has 0 spiro atoms. The van der Waals surface area contributed by atoms with Crippen molar-refractivity contribution in [2.45, 2.75) is 6.92 Å². The predicted molar refractivity (Wildman–Crippen MR) is 57.6 cm³/mol. The summed E-state index contributed by atoms with van der Waals surface area (Å²) in [6, 6.07) is 4.74. The number of rotatable bonds is 1. The lowest BCUT2D eigenvalue weighted by Gasteiger charge is -2.17.